The monoisotopic (exact) mass is 403 g/mol. The van der Waals surface area contributed by atoms with Crippen LogP contribution in [0.2, 0.25) is 0 Å². The quantitative estimate of drug-likeness (QED) is 0.632. The summed E-state index contributed by atoms with van der Waals surface area (Å²) in [5, 5.41) is 4.58. The number of benzene rings is 1. The second-order valence-electron chi connectivity index (χ2n) is 7.37. The van der Waals surface area contributed by atoms with Gasteiger partial charge in [-0.15, -0.1) is 0 Å². The Bertz CT molecular complexity index is 1190. The summed E-state index contributed by atoms with van der Waals surface area (Å²) in [4.78, 5) is 20.9. The van der Waals surface area contributed by atoms with Crippen LogP contribution in [-0.4, -0.2) is 39.0 Å². The molecule has 7 heteroatoms. The van der Waals surface area contributed by atoms with Crippen LogP contribution in [0.15, 0.2) is 63.7 Å². The minimum Gasteiger partial charge on any atom is -0.493 e. The molecule has 0 saturated heterocycles. The second kappa shape index (κ2) is 8.10. The molecule has 0 aliphatic carbocycles. The Labute approximate surface area is 175 Å². The van der Waals surface area contributed by atoms with Gasteiger partial charge in [0, 0.05) is 48.4 Å². The summed E-state index contributed by atoms with van der Waals surface area (Å²) in [5.41, 5.74) is 4.73. The number of pyridine rings is 1. The van der Waals surface area contributed by atoms with E-state index in [-0.39, 0.29) is 17.8 Å². The Kier molecular flexibility index (Phi) is 5.35. The zero-order valence-corrected chi connectivity index (χ0v) is 17.6. The van der Waals surface area contributed by atoms with Crippen LogP contribution in [0.4, 0.5) is 0 Å². The number of hydrogen-bond acceptors (Lipinski definition) is 5. The van der Waals surface area contributed by atoms with Crippen molar-refractivity contribution in [1.82, 2.24) is 14.3 Å². The lowest BCUT2D eigenvalue weighted by atomic mass is 10.0. The van der Waals surface area contributed by atoms with Crippen LogP contribution in [0.5, 0.6) is 5.75 Å². The smallest absolute Gasteiger partial charge is 0.254 e. The maximum atomic E-state index is 12.0. The van der Waals surface area contributed by atoms with E-state index in [0.717, 1.165) is 28.0 Å². The van der Waals surface area contributed by atoms with Crippen molar-refractivity contribution >= 4 is 11.9 Å². The lowest BCUT2D eigenvalue weighted by Crippen LogP contribution is -2.15. The minimum absolute atomic E-state index is 0.0175. The molecule has 1 aromatic carbocycles. The topological polar surface area (TPSA) is 73.8 Å². The molecule has 0 amide bonds. The van der Waals surface area contributed by atoms with Crippen LogP contribution < -0.4 is 10.3 Å². The molecule has 2 aromatic heterocycles. The van der Waals surface area contributed by atoms with E-state index in [4.69, 9.17) is 4.74 Å². The Morgan fingerprint density at radius 3 is 2.77 bits per heavy atom. The van der Waals surface area contributed by atoms with Gasteiger partial charge in [0.1, 0.15) is 11.9 Å². The summed E-state index contributed by atoms with van der Waals surface area (Å²) in [6, 6.07) is 9.85. The molecule has 2 atom stereocenters. The van der Waals surface area contributed by atoms with E-state index in [9.17, 15) is 4.79 Å². The highest BCUT2D eigenvalue weighted by Crippen LogP contribution is 2.30. The summed E-state index contributed by atoms with van der Waals surface area (Å²) >= 11 is 0. The van der Waals surface area contributed by atoms with Crippen molar-refractivity contribution in [3.8, 4) is 16.9 Å². The lowest BCUT2D eigenvalue weighted by molar-refractivity contribution is 0.340. The van der Waals surface area contributed by atoms with Crippen LogP contribution in [0.1, 0.15) is 37.9 Å². The molecular formula is C23H25N5O2. The third kappa shape index (κ3) is 3.83. The van der Waals surface area contributed by atoms with E-state index in [0.29, 0.717) is 12.4 Å². The number of aromatic nitrogens is 3. The largest absolute Gasteiger partial charge is 0.493 e. The number of hydrogen-bond donors (Lipinski definition) is 0. The number of nitrogens with zero attached hydrogens (tertiary/aromatic N) is 5. The van der Waals surface area contributed by atoms with Gasteiger partial charge >= 0.3 is 0 Å². The zero-order chi connectivity index (χ0) is 21.3. The van der Waals surface area contributed by atoms with Gasteiger partial charge in [-0.05, 0) is 32.4 Å². The van der Waals surface area contributed by atoms with Gasteiger partial charge in [-0.1, -0.05) is 18.2 Å². The first-order valence-electron chi connectivity index (χ1n) is 10.1. The van der Waals surface area contributed by atoms with Crippen LogP contribution in [-0.2, 0) is 7.05 Å². The van der Waals surface area contributed by atoms with Gasteiger partial charge in [-0.2, -0.15) is 5.10 Å². The van der Waals surface area contributed by atoms with E-state index in [1.54, 1.807) is 24.0 Å². The van der Waals surface area contributed by atoms with Gasteiger partial charge in [-0.25, -0.2) is 0 Å². The summed E-state index contributed by atoms with van der Waals surface area (Å²) in [6.45, 7) is 6.47. The fourth-order valence-corrected chi connectivity index (χ4v) is 3.50. The Balaban J connectivity index is 1.65. The maximum absolute atomic E-state index is 12.0. The summed E-state index contributed by atoms with van der Waals surface area (Å²) in [5.74, 6) is 0.572. The minimum atomic E-state index is -0.104. The average molecular weight is 403 g/mol. The zero-order valence-electron chi connectivity index (χ0n) is 17.6. The van der Waals surface area contributed by atoms with Crippen molar-refractivity contribution in [3.63, 3.8) is 0 Å². The molecule has 4 rings (SSSR count). The molecule has 0 bridgehead atoms. The number of aryl methyl sites for hydroxylation is 1. The Hall–Kier alpha value is -3.48. The molecular weight excluding hydrogens is 378 g/mol. The Morgan fingerprint density at radius 2 is 2.03 bits per heavy atom. The summed E-state index contributed by atoms with van der Waals surface area (Å²) in [6.07, 6.45) is 7.39. The van der Waals surface area contributed by atoms with Crippen molar-refractivity contribution in [2.45, 2.75) is 33.0 Å². The highest BCUT2D eigenvalue weighted by Gasteiger charge is 2.16. The van der Waals surface area contributed by atoms with Crippen molar-refractivity contribution in [3.05, 3.63) is 70.4 Å². The van der Waals surface area contributed by atoms with Gasteiger partial charge in [-0.3, -0.25) is 19.5 Å². The molecule has 154 valence electrons. The first-order valence-corrected chi connectivity index (χ1v) is 10.1. The summed E-state index contributed by atoms with van der Waals surface area (Å²) < 4.78 is 9.15. The number of ether oxygens (including phenoxy) is 1. The van der Waals surface area contributed by atoms with Gasteiger partial charge in [0.05, 0.1) is 24.6 Å². The molecule has 30 heavy (non-hydrogen) atoms. The van der Waals surface area contributed by atoms with Crippen LogP contribution >= 0.6 is 0 Å². The fourth-order valence-electron chi connectivity index (χ4n) is 3.50. The third-order valence-corrected chi connectivity index (χ3v) is 5.20. The van der Waals surface area contributed by atoms with Crippen LogP contribution in [0.25, 0.3) is 11.1 Å². The number of aliphatic imine (C=N–C) groups is 2. The highest BCUT2D eigenvalue weighted by molar-refractivity contribution is 6.39. The molecule has 3 aromatic rings. The van der Waals surface area contributed by atoms with Crippen molar-refractivity contribution in [2.24, 2.45) is 17.0 Å². The van der Waals surface area contributed by atoms with E-state index in [1.807, 2.05) is 43.1 Å². The third-order valence-electron chi connectivity index (χ3n) is 5.20. The van der Waals surface area contributed by atoms with Crippen LogP contribution in [0, 0.1) is 0 Å². The normalized spacial score (nSPS) is 16.5. The molecule has 2 unspecified atom stereocenters. The van der Waals surface area contributed by atoms with E-state index in [2.05, 4.69) is 34.1 Å². The number of rotatable bonds is 6. The standard InChI is InChI=1S/C23H25N5O2/c1-5-30-22-10-23(29)27(4)14-20(22)19-11-25-28(13-19)15(2)17-7-6-8-18(9-17)21-12-24-16(3)26-21/h6-16H,5H2,1-4H3. The molecule has 3 heterocycles. The van der Waals surface area contributed by atoms with Crippen molar-refractivity contribution in [2.75, 3.05) is 6.61 Å². The van der Waals surface area contributed by atoms with Gasteiger partial charge in [0.25, 0.3) is 5.56 Å². The van der Waals surface area contributed by atoms with E-state index in [1.165, 1.54) is 6.07 Å². The molecule has 0 N–H and O–H groups in total. The second-order valence-corrected chi connectivity index (χ2v) is 7.37. The van der Waals surface area contributed by atoms with E-state index >= 15 is 0 Å². The summed E-state index contributed by atoms with van der Waals surface area (Å²) in [7, 11) is 1.73. The molecule has 7 nitrogen and oxygen atoms in total. The van der Waals surface area contributed by atoms with Gasteiger partial charge in [0.15, 0.2) is 0 Å². The predicted molar refractivity (Wildman–Crippen MR) is 119 cm³/mol. The SMILES string of the molecule is CCOc1cc(=O)n(C)cc1-c1cnn(C(C)c2cccc(C3=NC(C)N=C3)c2)c1. The first-order chi connectivity index (χ1) is 14.5. The Morgan fingerprint density at radius 1 is 1.20 bits per heavy atom. The average Bonchev–Trinajstić information content (AvgIpc) is 3.40. The molecule has 0 saturated carbocycles. The first kappa shape index (κ1) is 19.8. The highest BCUT2D eigenvalue weighted by atomic mass is 16.5. The predicted octanol–water partition coefficient (Wildman–Crippen LogP) is 3.48. The van der Waals surface area contributed by atoms with E-state index < -0.39 is 0 Å². The lowest BCUT2D eigenvalue weighted by Gasteiger charge is -2.14. The molecule has 1 aliphatic heterocycles. The molecule has 1 aliphatic rings. The molecule has 0 radical (unpaired) electrons. The van der Waals surface area contributed by atoms with Crippen molar-refractivity contribution < 1.29 is 4.74 Å². The molecule has 0 spiro atoms. The fraction of sp³-hybridized carbons (Fsp3) is 0.304. The van der Waals surface area contributed by atoms with Gasteiger partial charge < -0.3 is 9.30 Å². The van der Waals surface area contributed by atoms with Crippen molar-refractivity contribution in [1.29, 1.82) is 0 Å². The van der Waals surface area contributed by atoms with Crippen LogP contribution in [0.3, 0.4) is 0 Å². The van der Waals surface area contributed by atoms with Gasteiger partial charge in [0.2, 0.25) is 0 Å². The maximum Gasteiger partial charge on any atom is 0.254 e. The molecule has 0 fully saturated rings.